The first-order chi connectivity index (χ1) is 11.7. The Morgan fingerprint density at radius 1 is 1.04 bits per heavy atom. The summed E-state index contributed by atoms with van der Waals surface area (Å²) >= 11 is 0. The van der Waals surface area contributed by atoms with Gasteiger partial charge in [-0.3, -0.25) is 0 Å². The maximum Gasteiger partial charge on any atom is 0.191 e. The average molecular weight is 320 g/mol. The molecule has 1 heterocycles. The standard InChI is InChI=1S/C20H24N4/c1-3-21-20(22-13-16-8-6-7-15(2)11-16)23-14-18-12-17-9-4-5-10-19(17)24-18/h4-12,24H,3,13-14H2,1-2H3,(H2,21,22,23). The van der Waals surface area contributed by atoms with Crippen molar-refractivity contribution >= 4 is 16.9 Å². The van der Waals surface area contributed by atoms with E-state index in [1.807, 2.05) is 6.07 Å². The molecule has 0 amide bonds. The average Bonchev–Trinajstić information content (AvgIpc) is 3.00. The maximum absolute atomic E-state index is 4.67. The molecule has 0 aliphatic carbocycles. The van der Waals surface area contributed by atoms with Crippen LogP contribution in [0.2, 0.25) is 0 Å². The number of para-hydroxylation sites is 1. The highest BCUT2D eigenvalue weighted by atomic mass is 15.2. The molecule has 0 atom stereocenters. The van der Waals surface area contributed by atoms with Crippen LogP contribution in [-0.4, -0.2) is 17.5 Å². The van der Waals surface area contributed by atoms with Gasteiger partial charge in [-0.15, -0.1) is 0 Å². The Labute approximate surface area is 143 Å². The SMILES string of the molecule is CCNC(=NCc1cccc(C)c1)NCc1cc2ccccc2[nH]1. The predicted molar refractivity (Wildman–Crippen MR) is 101 cm³/mol. The second-order valence-electron chi connectivity index (χ2n) is 5.92. The minimum absolute atomic E-state index is 0.670. The van der Waals surface area contributed by atoms with Crippen molar-refractivity contribution in [2.75, 3.05) is 6.54 Å². The maximum atomic E-state index is 4.67. The Hall–Kier alpha value is -2.75. The van der Waals surface area contributed by atoms with Gasteiger partial charge in [-0.2, -0.15) is 0 Å². The van der Waals surface area contributed by atoms with Crippen LogP contribution in [0.5, 0.6) is 0 Å². The fraction of sp³-hybridized carbons (Fsp3) is 0.250. The summed E-state index contributed by atoms with van der Waals surface area (Å²) in [6, 6.07) is 18.9. The third-order valence-corrected chi connectivity index (χ3v) is 3.88. The number of H-pyrrole nitrogens is 1. The lowest BCUT2D eigenvalue weighted by molar-refractivity contribution is 0.805. The highest BCUT2D eigenvalue weighted by Crippen LogP contribution is 2.14. The van der Waals surface area contributed by atoms with E-state index in [1.54, 1.807) is 0 Å². The van der Waals surface area contributed by atoms with Crippen LogP contribution in [0.3, 0.4) is 0 Å². The van der Waals surface area contributed by atoms with Crippen molar-refractivity contribution in [1.29, 1.82) is 0 Å². The number of aromatic amines is 1. The van der Waals surface area contributed by atoms with Crippen molar-refractivity contribution in [2.45, 2.75) is 26.9 Å². The number of hydrogen-bond acceptors (Lipinski definition) is 1. The quantitative estimate of drug-likeness (QED) is 0.495. The Kier molecular flexibility index (Phi) is 5.16. The summed E-state index contributed by atoms with van der Waals surface area (Å²) in [6.45, 7) is 6.41. The van der Waals surface area contributed by atoms with E-state index in [4.69, 9.17) is 0 Å². The third kappa shape index (κ3) is 4.16. The summed E-state index contributed by atoms with van der Waals surface area (Å²) < 4.78 is 0. The van der Waals surface area contributed by atoms with Gasteiger partial charge in [0.25, 0.3) is 0 Å². The zero-order chi connectivity index (χ0) is 16.8. The molecule has 0 fully saturated rings. The zero-order valence-electron chi connectivity index (χ0n) is 14.3. The number of nitrogens with zero attached hydrogens (tertiary/aromatic N) is 1. The molecule has 0 saturated heterocycles. The van der Waals surface area contributed by atoms with Gasteiger partial charge in [-0.25, -0.2) is 4.99 Å². The van der Waals surface area contributed by atoms with Gasteiger partial charge in [0.2, 0.25) is 0 Å². The van der Waals surface area contributed by atoms with Gasteiger partial charge in [-0.05, 0) is 36.9 Å². The highest BCUT2D eigenvalue weighted by Gasteiger charge is 2.02. The molecule has 1 aromatic heterocycles. The molecule has 0 bridgehead atoms. The molecule has 2 aromatic carbocycles. The van der Waals surface area contributed by atoms with E-state index in [-0.39, 0.29) is 0 Å². The smallest absolute Gasteiger partial charge is 0.191 e. The van der Waals surface area contributed by atoms with Crippen molar-refractivity contribution in [2.24, 2.45) is 4.99 Å². The summed E-state index contributed by atoms with van der Waals surface area (Å²) in [7, 11) is 0. The molecular weight excluding hydrogens is 296 g/mol. The molecule has 24 heavy (non-hydrogen) atoms. The summed E-state index contributed by atoms with van der Waals surface area (Å²) in [5.74, 6) is 0.831. The molecule has 124 valence electrons. The van der Waals surface area contributed by atoms with Crippen LogP contribution in [0.25, 0.3) is 10.9 Å². The van der Waals surface area contributed by atoms with Crippen molar-refractivity contribution in [3.05, 3.63) is 71.4 Å². The lowest BCUT2D eigenvalue weighted by Gasteiger charge is -2.10. The van der Waals surface area contributed by atoms with E-state index in [0.29, 0.717) is 13.1 Å². The first-order valence-corrected chi connectivity index (χ1v) is 8.39. The van der Waals surface area contributed by atoms with Gasteiger partial charge < -0.3 is 15.6 Å². The van der Waals surface area contributed by atoms with Crippen LogP contribution in [0.15, 0.2) is 59.6 Å². The molecule has 0 radical (unpaired) electrons. The Morgan fingerprint density at radius 2 is 1.92 bits per heavy atom. The van der Waals surface area contributed by atoms with E-state index >= 15 is 0 Å². The number of hydrogen-bond donors (Lipinski definition) is 3. The fourth-order valence-electron chi connectivity index (χ4n) is 2.73. The molecular formula is C20H24N4. The summed E-state index contributed by atoms with van der Waals surface area (Å²) in [6.07, 6.45) is 0. The number of nitrogens with one attached hydrogen (secondary N) is 3. The molecule has 3 aromatic rings. The Bertz CT molecular complexity index is 799. The van der Waals surface area contributed by atoms with Crippen LogP contribution >= 0.6 is 0 Å². The normalized spacial score (nSPS) is 11.7. The molecule has 4 nitrogen and oxygen atoms in total. The first-order valence-electron chi connectivity index (χ1n) is 8.39. The van der Waals surface area contributed by atoms with Crippen LogP contribution < -0.4 is 10.6 Å². The number of aliphatic imine (C=N–C) groups is 1. The second-order valence-corrected chi connectivity index (χ2v) is 5.92. The summed E-state index contributed by atoms with van der Waals surface area (Å²) in [4.78, 5) is 8.10. The summed E-state index contributed by atoms with van der Waals surface area (Å²) in [5.41, 5.74) is 4.80. The minimum Gasteiger partial charge on any atom is -0.357 e. The highest BCUT2D eigenvalue weighted by molar-refractivity contribution is 5.81. The first kappa shape index (κ1) is 16.1. The predicted octanol–water partition coefficient (Wildman–Crippen LogP) is 3.73. The minimum atomic E-state index is 0.670. The molecule has 3 N–H and O–H groups in total. The topological polar surface area (TPSA) is 52.2 Å². The molecule has 0 aliphatic rings. The van der Waals surface area contributed by atoms with Crippen molar-refractivity contribution in [3.63, 3.8) is 0 Å². The molecule has 4 heteroatoms. The van der Waals surface area contributed by atoms with Crippen molar-refractivity contribution in [1.82, 2.24) is 15.6 Å². The fourth-order valence-corrected chi connectivity index (χ4v) is 2.73. The lowest BCUT2D eigenvalue weighted by atomic mass is 10.1. The van der Waals surface area contributed by atoms with E-state index in [1.165, 1.54) is 16.5 Å². The number of aryl methyl sites for hydroxylation is 1. The van der Waals surface area contributed by atoms with E-state index in [2.05, 4.69) is 83.0 Å². The number of fused-ring (bicyclic) bond motifs is 1. The molecule has 0 aliphatic heterocycles. The molecule has 0 spiro atoms. The van der Waals surface area contributed by atoms with E-state index < -0.39 is 0 Å². The van der Waals surface area contributed by atoms with Gasteiger partial charge in [0, 0.05) is 17.8 Å². The van der Waals surface area contributed by atoms with Crippen LogP contribution in [0.4, 0.5) is 0 Å². The van der Waals surface area contributed by atoms with Gasteiger partial charge in [0.1, 0.15) is 0 Å². The van der Waals surface area contributed by atoms with Gasteiger partial charge in [0.05, 0.1) is 13.1 Å². The molecule has 0 saturated carbocycles. The summed E-state index contributed by atoms with van der Waals surface area (Å²) in [5, 5.41) is 7.92. The van der Waals surface area contributed by atoms with Crippen molar-refractivity contribution < 1.29 is 0 Å². The second kappa shape index (κ2) is 7.68. The lowest BCUT2D eigenvalue weighted by Crippen LogP contribution is -2.36. The van der Waals surface area contributed by atoms with Crippen LogP contribution in [0.1, 0.15) is 23.7 Å². The third-order valence-electron chi connectivity index (χ3n) is 3.88. The molecule has 0 unspecified atom stereocenters. The molecule has 3 rings (SSSR count). The monoisotopic (exact) mass is 320 g/mol. The van der Waals surface area contributed by atoms with Gasteiger partial charge in [-0.1, -0.05) is 48.0 Å². The van der Waals surface area contributed by atoms with Crippen LogP contribution in [-0.2, 0) is 13.1 Å². The van der Waals surface area contributed by atoms with Crippen molar-refractivity contribution in [3.8, 4) is 0 Å². The zero-order valence-corrected chi connectivity index (χ0v) is 14.3. The van der Waals surface area contributed by atoms with Crippen LogP contribution in [0, 0.1) is 6.92 Å². The Balaban J connectivity index is 1.65. The van der Waals surface area contributed by atoms with Gasteiger partial charge in [0.15, 0.2) is 5.96 Å². The van der Waals surface area contributed by atoms with E-state index in [0.717, 1.165) is 23.7 Å². The number of rotatable bonds is 5. The van der Waals surface area contributed by atoms with E-state index in [9.17, 15) is 0 Å². The number of aromatic nitrogens is 1. The number of guanidine groups is 1. The Morgan fingerprint density at radius 3 is 2.71 bits per heavy atom. The largest absolute Gasteiger partial charge is 0.357 e. The number of benzene rings is 2. The van der Waals surface area contributed by atoms with Gasteiger partial charge >= 0.3 is 0 Å².